The summed E-state index contributed by atoms with van der Waals surface area (Å²) >= 11 is 1.72. The molecule has 23 heavy (non-hydrogen) atoms. The minimum absolute atomic E-state index is 0.0258. The molecule has 2 aromatic heterocycles. The summed E-state index contributed by atoms with van der Waals surface area (Å²) in [7, 11) is 1.90. The Hall–Kier alpha value is -1.95. The normalized spacial score (nSPS) is 18.0. The monoisotopic (exact) mass is 330 g/mol. The fourth-order valence-corrected chi connectivity index (χ4v) is 3.94. The van der Waals surface area contributed by atoms with E-state index in [1.165, 1.54) is 10.4 Å². The second-order valence-electron chi connectivity index (χ2n) is 6.06. The van der Waals surface area contributed by atoms with Gasteiger partial charge >= 0.3 is 0 Å². The van der Waals surface area contributed by atoms with Crippen molar-refractivity contribution in [2.75, 3.05) is 25.0 Å². The smallest absolute Gasteiger partial charge is 0.227 e. The Morgan fingerprint density at radius 3 is 2.91 bits per heavy atom. The summed E-state index contributed by atoms with van der Waals surface area (Å²) in [5, 5.41) is 2.08. The predicted octanol–water partition coefficient (Wildman–Crippen LogP) is 2.72. The number of anilines is 1. The van der Waals surface area contributed by atoms with Gasteiger partial charge in [-0.1, -0.05) is 0 Å². The largest absolute Gasteiger partial charge is 0.340 e. The van der Waals surface area contributed by atoms with Crippen LogP contribution in [0.5, 0.6) is 0 Å². The van der Waals surface area contributed by atoms with Crippen LogP contribution in [0.2, 0.25) is 0 Å². The van der Waals surface area contributed by atoms with E-state index in [4.69, 9.17) is 0 Å². The molecular weight excluding hydrogens is 308 g/mol. The van der Waals surface area contributed by atoms with Gasteiger partial charge in [0.15, 0.2) is 0 Å². The van der Waals surface area contributed by atoms with Crippen LogP contribution in [-0.4, -0.2) is 40.9 Å². The highest BCUT2D eigenvalue weighted by Crippen LogP contribution is 2.23. The lowest BCUT2D eigenvalue weighted by molar-refractivity contribution is -0.135. The number of aryl methyl sites for hydroxylation is 1. The highest BCUT2D eigenvalue weighted by molar-refractivity contribution is 7.10. The maximum atomic E-state index is 12.8. The molecular formula is C17H22N4OS. The second-order valence-corrected chi connectivity index (χ2v) is 7.06. The lowest BCUT2D eigenvalue weighted by Gasteiger charge is -2.33. The number of aromatic nitrogens is 2. The maximum absolute atomic E-state index is 12.8. The van der Waals surface area contributed by atoms with E-state index >= 15 is 0 Å². The van der Waals surface area contributed by atoms with Crippen LogP contribution >= 0.6 is 11.3 Å². The van der Waals surface area contributed by atoms with Crippen molar-refractivity contribution in [2.45, 2.75) is 26.3 Å². The van der Waals surface area contributed by atoms with Crippen LogP contribution in [0.3, 0.4) is 0 Å². The van der Waals surface area contributed by atoms with Gasteiger partial charge in [0.25, 0.3) is 0 Å². The molecule has 0 aliphatic carbocycles. The molecule has 6 heteroatoms. The van der Waals surface area contributed by atoms with Crippen LogP contribution in [-0.2, 0) is 11.3 Å². The number of carbonyl (C=O) groups is 1. The number of piperidine rings is 1. The lowest BCUT2D eigenvalue weighted by atomic mass is 9.97. The van der Waals surface area contributed by atoms with E-state index in [9.17, 15) is 4.79 Å². The van der Waals surface area contributed by atoms with Gasteiger partial charge < -0.3 is 9.80 Å². The number of amides is 1. The van der Waals surface area contributed by atoms with Crippen molar-refractivity contribution in [3.8, 4) is 0 Å². The van der Waals surface area contributed by atoms with Crippen molar-refractivity contribution in [1.82, 2.24) is 14.9 Å². The maximum Gasteiger partial charge on any atom is 0.227 e. The number of carbonyl (C=O) groups excluding carboxylic acids is 1. The van der Waals surface area contributed by atoms with Gasteiger partial charge in [-0.25, -0.2) is 9.97 Å². The molecule has 0 saturated carbocycles. The molecule has 1 aliphatic heterocycles. The number of thiophene rings is 1. The number of hydrogen-bond donors (Lipinski definition) is 0. The Balaban J connectivity index is 1.64. The van der Waals surface area contributed by atoms with Crippen LogP contribution in [0.25, 0.3) is 0 Å². The highest BCUT2D eigenvalue weighted by atomic mass is 32.1. The molecule has 0 bridgehead atoms. The third-order valence-electron chi connectivity index (χ3n) is 4.33. The first-order chi connectivity index (χ1) is 11.1. The van der Waals surface area contributed by atoms with Gasteiger partial charge in [0, 0.05) is 37.4 Å². The van der Waals surface area contributed by atoms with E-state index in [1.54, 1.807) is 23.7 Å². The molecule has 122 valence electrons. The standard InChI is InChI=1S/C17H22N4OS/c1-13-6-10-23-15(13)12-20(2)16(22)14-5-3-9-21(11-14)17-18-7-4-8-19-17/h4,6-8,10,14H,3,5,9,11-12H2,1-2H3. The molecule has 1 aliphatic rings. The van der Waals surface area contributed by atoms with Crippen LogP contribution < -0.4 is 4.90 Å². The summed E-state index contributed by atoms with van der Waals surface area (Å²) in [5.74, 6) is 0.970. The summed E-state index contributed by atoms with van der Waals surface area (Å²) in [4.78, 5) is 26.6. The Labute approximate surface area is 141 Å². The van der Waals surface area contributed by atoms with Crippen molar-refractivity contribution in [3.63, 3.8) is 0 Å². The SMILES string of the molecule is Cc1ccsc1CN(C)C(=O)C1CCCN(c2ncccn2)C1. The van der Waals surface area contributed by atoms with E-state index in [0.717, 1.165) is 25.3 Å². The van der Waals surface area contributed by atoms with Gasteiger partial charge in [-0.05, 0) is 42.8 Å². The average molecular weight is 330 g/mol. The molecule has 3 heterocycles. The Bertz CT molecular complexity index is 658. The Morgan fingerprint density at radius 1 is 1.43 bits per heavy atom. The quantitative estimate of drug-likeness (QED) is 0.865. The van der Waals surface area contributed by atoms with Gasteiger partial charge in [-0.2, -0.15) is 0 Å². The van der Waals surface area contributed by atoms with Crippen molar-refractivity contribution in [3.05, 3.63) is 40.3 Å². The van der Waals surface area contributed by atoms with Crippen molar-refractivity contribution in [1.29, 1.82) is 0 Å². The van der Waals surface area contributed by atoms with E-state index in [0.29, 0.717) is 13.1 Å². The van der Waals surface area contributed by atoms with E-state index in [1.807, 2.05) is 18.0 Å². The number of rotatable bonds is 4. The topological polar surface area (TPSA) is 49.3 Å². The van der Waals surface area contributed by atoms with Crippen molar-refractivity contribution >= 4 is 23.2 Å². The zero-order valence-corrected chi connectivity index (χ0v) is 14.4. The zero-order chi connectivity index (χ0) is 16.2. The van der Waals surface area contributed by atoms with Crippen LogP contribution in [0.4, 0.5) is 5.95 Å². The third-order valence-corrected chi connectivity index (χ3v) is 5.34. The number of nitrogens with zero attached hydrogens (tertiary/aromatic N) is 4. The molecule has 1 unspecified atom stereocenters. The van der Waals surface area contributed by atoms with E-state index in [2.05, 4.69) is 33.2 Å². The molecule has 0 N–H and O–H groups in total. The molecule has 1 fully saturated rings. The number of hydrogen-bond acceptors (Lipinski definition) is 5. The molecule has 1 amide bonds. The fourth-order valence-electron chi connectivity index (χ4n) is 2.99. The summed E-state index contributed by atoms with van der Waals surface area (Å²) in [6.07, 6.45) is 5.44. The third kappa shape index (κ3) is 3.69. The molecule has 1 saturated heterocycles. The van der Waals surface area contributed by atoms with E-state index < -0.39 is 0 Å². The summed E-state index contributed by atoms with van der Waals surface area (Å²) < 4.78 is 0. The van der Waals surface area contributed by atoms with Gasteiger partial charge in [-0.15, -0.1) is 11.3 Å². The minimum atomic E-state index is 0.0258. The van der Waals surface area contributed by atoms with Gasteiger partial charge in [0.05, 0.1) is 12.5 Å². The van der Waals surface area contributed by atoms with Crippen LogP contribution in [0, 0.1) is 12.8 Å². The lowest BCUT2D eigenvalue weighted by Crippen LogP contribution is -2.44. The predicted molar refractivity (Wildman–Crippen MR) is 92.5 cm³/mol. The Kier molecular flexibility index (Phi) is 4.91. The van der Waals surface area contributed by atoms with Gasteiger partial charge in [0.2, 0.25) is 11.9 Å². The highest BCUT2D eigenvalue weighted by Gasteiger charge is 2.29. The molecule has 1 atom stereocenters. The first kappa shape index (κ1) is 15.9. The molecule has 5 nitrogen and oxygen atoms in total. The summed E-state index contributed by atoms with van der Waals surface area (Å²) in [6.45, 7) is 4.41. The van der Waals surface area contributed by atoms with Gasteiger partial charge in [-0.3, -0.25) is 4.79 Å². The molecule has 0 spiro atoms. The zero-order valence-electron chi connectivity index (χ0n) is 13.6. The van der Waals surface area contributed by atoms with E-state index in [-0.39, 0.29) is 11.8 Å². The minimum Gasteiger partial charge on any atom is -0.340 e. The average Bonchev–Trinajstić information content (AvgIpc) is 3.00. The first-order valence-electron chi connectivity index (χ1n) is 7.95. The molecule has 0 aromatic carbocycles. The Morgan fingerprint density at radius 2 is 2.22 bits per heavy atom. The molecule has 2 aromatic rings. The van der Waals surface area contributed by atoms with Crippen LogP contribution in [0.15, 0.2) is 29.9 Å². The second kappa shape index (κ2) is 7.08. The first-order valence-corrected chi connectivity index (χ1v) is 8.83. The van der Waals surface area contributed by atoms with Crippen LogP contribution in [0.1, 0.15) is 23.3 Å². The molecule has 0 radical (unpaired) electrons. The van der Waals surface area contributed by atoms with Gasteiger partial charge in [0.1, 0.15) is 0 Å². The molecule has 3 rings (SSSR count). The summed E-state index contributed by atoms with van der Waals surface area (Å²) in [6, 6.07) is 3.92. The van der Waals surface area contributed by atoms with Crippen molar-refractivity contribution < 1.29 is 4.79 Å². The van der Waals surface area contributed by atoms with Crippen molar-refractivity contribution in [2.24, 2.45) is 5.92 Å². The summed E-state index contributed by atoms with van der Waals surface area (Å²) in [5.41, 5.74) is 1.26. The fraction of sp³-hybridized carbons (Fsp3) is 0.471.